The lowest BCUT2D eigenvalue weighted by Gasteiger charge is -2.22. The van der Waals surface area contributed by atoms with Crippen molar-refractivity contribution in [1.82, 2.24) is 15.1 Å². The van der Waals surface area contributed by atoms with Crippen LogP contribution in [-0.2, 0) is 23.2 Å². The van der Waals surface area contributed by atoms with E-state index < -0.39 is 12.0 Å². The molecule has 2 aromatic rings. The fraction of sp³-hybridized carbons (Fsp3) is 0.294. The first-order chi connectivity index (χ1) is 12.0. The number of aliphatic carboxylic acids is 1. The molecule has 0 saturated heterocycles. The summed E-state index contributed by atoms with van der Waals surface area (Å²) in [5.41, 5.74) is 2.53. The number of hydrogen-bond acceptors (Lipinski definition) is 5. The average molecular weight is 341 g/mol. The molecule has 2 N–H and O–H groups in total. The van der Waals surface area contributed by atoms with Crippen LogP contribution in [0.25, 0.3) is 0 Å². The van der Waals surface area contributed by atoms with Gasteiger partial charge in [0.05, 0.1) is 11.9 Å². The molecule has 1 aromatic heterocycles. The van der Waals surface area contributed by atoms with Crippen LogP contribution in [0.5, 0.6) is 0 Å². The van der Waals surface area contributed by atoms with Crippen molar-refractivity contribution in [2.45, 2.75) is 25.9 Å². The Morgan fingerprint density at radius 3 is 2.64 bits per heavy atom. The molecule has 1 atom stereocenters. The average Bonchev–Trinajstić information content (AvgIpc) is 3.19. The van der Waals surface area contributed by atoms with Gasteiger partial charge in [-0.25, -0.2) is 4.79 Å². The van der Waals surface area contributed by atoms with Gasteiger partial charge >= 0.3 is 5.97 Å². The lowest BCUT2D eigenvalue weighted by atomic mass is 10.1. The van der Waals surface area contributed by atoms with Gasteiger partial charge in [-0.15, -0.1) is 0 Å². The van der Waals surface area contributed by atoms with E-state index in [2.05, 4.69) is 15.5 Å². The van der Waals surface area contributed by atoms with E-state index in [1.165, 1.54) is 5.01 Å². The van der Waals surface area contributed by atoms with Crippen molar-refractivity contribution in [3.63, 3.8) is 0 Å². The maximum Gasteiger partial charge on any atom is 0.352 e. The van der Waals surface area contributed by atoms with Gasteiger partial charge in [0.25, 0.3) is 0 Å². The summed E-state index contributed by atoms with van der Waals surface area (Å²) in [6.45, 7) is 2.26. The van der Waals surface area contributed by atoms with Crippen molar-refractivity contribution in [3.8, 4) is 0 Å². The second-order valence-corrected chi connectivity index (χ2v) is 5.85. The number of aromatic nitrogens is 2. The van der Waals surface area contributed by atoms with E-state index >= 15 is 0 Å². The number of hydrogen-bond donors (Lipinski definition) is 2. The van der Waals surface area contributed by atoms with Crippen LogP contribution < -0.4 is 10.3 Å². The molecule has 0 unspecified atom stereocenters. The van der Waals surface area contributed by atoms with Gasteiger partial charge in [-0.3, -0.25) is 14.5 Å². The number of nitrogens with one attached hydrogen (secondary N) is 1. The lowest BCUT2D eigenvalue weighted by molar-refractivity contribution is -0.129. The summed E-state index contributed by atoms with van der Waals surface area (Å²) < 4.78 is 1.74. The highest BCUT2D eigenvalue weighted by Gasteiger charge is 2.36. The van der Waals surface area contributed by atoms with Crippen LogP contribution in [0.1, 0.15) is 17.7 Å². The molecule has 8 heteroatoms. The number of nitrogens with zero attached hydrogens (tertiary/aromatic N) is 4. The number of carbonyl (C=O) groups excluding carboxylic acids is 1. The summed E-state index contributed by atoms with van der Waals surface area (Å²) in [5.74, 6) is -1.38. The third-order valence-electron chi connectivity index (χ3n) is 4.27. The maximum absolute atomic E-state index is 12.6. The van der Waals surface area contributed by atoms with Crippen LogP contribution in [0.3, 0.4) is 0 Å². The Kier molecular flexibility index (Phi) is 4.51. The number of para-hydroxylation sites is 1. The number of anilines is 1. The van der Waals surface area contributed by atoms with Gasteiger partial charge in [0.15, 0.2) is 0 Å². The molecule has 0 spiro atoms. The van der Waals surface area contributed by atoms with E-state index in [1.807, 2.05) is 32.2 Å². The van der Waals surface area contributed by atoms with Crippen molar-refractivity contribution in [1.29, 1.82) is 0 Å². The Bertz CT molecular complexity index is 828. The zero-order valence-electron chi connectivity index (χ0n) is 14.0. The highest BCUT2D eigenvalue weighted by molar-refractivity contribution is 6.37. The quantitative estimate of drug-likeness (QED) is 0.847. The fourth-order valence-electron chi connectivity index (χ4n) is 2.68. The van der Waals surface area contributed by atoms with Crippen molar-refractivity contribution in [2.75, 3.05) is 5.01 Å². The number of aryl methyl sites for hydroxylation is 1. The zero-order chi connectivity index (χ0) is 18.0. The molecular weight excluding hydrogens is 322 g/mol. The highest BCUT2D eigenvalue weighted by Crippen LogP contribution is 2.24. The van der Waals surface area contributed by atoms with Crippen LogP contribution in [0, 0.1) is 6.92 Å². The van der Waals surface area contributed by atoms with Gasteiger partial charge in [0, 0.05) is 31.3 Å². The molecule has 0 aliphatic carbocycles. The molecule has 1 aliphatic rings. The van der Waals surface area contributed by atoms with Crippen LogP contribution in [-0.4, -0.2) is 38.5 Å². The van der Waals surface area contributed by atoms with Crippen molar-refractivity contribution in [3.05, 3.63) is 47.8 Å². The summed E-state index contributed by atoms with van der Waals surface area (Å²) >= 11 is 0. The molecule has 0 radical (unpaired) electrons. The van der Waals surface area contributed by atoms with Crippen LogP contribution >= 0.6 is 0 Å². The predicted molar refractivity (Wildman–Crippen MR) is 92.2 cm³/mol. The number of carboxylic acids is 1. The minimum atomic E-state index is -1.11. The third-order valence-corrected chi connectivity index (χ3v) is 4.27. The zero-order valence-corrected chi connectivity index (χ0v) is 14.0. The number of rotatable bonds is 5. The molecule has 8 nitrogen and oxygen atoms in total. The van der Waals surface area contributed by atoms with E-state index in [0.29, 0.717) is 12.2 Å². The smallest absolute Gasteiger partial charge is 0.352 e. The predicted octanol–water partition coefficient (Wildman–Crippen LogP) is 1.06. The molecule has 0 bridgehead atoms. The van der Waals surface area contributed by atoms with E-state index in [9.17, 15) is 14.7 Å². The molecule has 2 heterocycles. The second kappa shape index (κ2) is 6.76. The van der Waals surface area contributed by atoms with Gasteiger partial charge in [0.2, 0.25) is 5.91 Å². The van der Waals surface area contributed by atoms with Crippen LogP contribution in [0.15, 0.2) is 41.6 Å². The van der Waals surface area contributed by atoms with Crippen molar-refractivity contribution in [2.24, 2.45) is 12.1 Å². The summed E-state index contributed by atoms with van der Waals surface area (Å²) in [5, 5.41) is 21.8. The van der Waals surface area contributed by atoms with Crippen molar-refractivity contribution < 1.29 is 14.7 Å². The molecule has 1 aromatic carbocycles. The second-order valence-electron chi connectivity index (χ2n) is 5.85. The summed E-state index contributed by atoms with van der Waals surface area (Å²) in [6.07, 6.45) is 1.76. The Morgan fingerprint density at radius 1 is 1.32 bits per heavy atom. The van der Waals surface area contributed by atoms with E-state index in [0.717, 1.165) is 11.3 Å². The van der Waals surface area contributed by atoms with Gasteiger partial charge in [-0.05, 0) is 19.1 Å². The molecule has 25 heavy (non-hydrogen) atoms. The first-order valence-electron chi connectivity index (χ1n) is 7.87. The molecule has 130 valence electrons. The molecule has 1 amide bonds. The van der Waals surface area contributed by atoms with Gasteiger partial charge < -0.3 is 10.4 Å². The number of benzene rings is 1. The Morgan fingerprint density at radius 2 is 2.04 bits per heavy atom. The Hall–Kier alpha value is -3.16. The standard InChI is InChI=1S/C17H19N5O3/c1-11-12(10-19-21(11)2)9-18-16(23)15-8-14(17(24)25)20-22(15)13-6-4-3-5-7-13/h3-7,10,15H,8-9H2,1-2H3,(H,18,23)(H,24,25)/t15-/m1/s1. The molecule has 0 saturated carbocycles. The molecule has 3 rings (SSSR count). The lowest BCUT2D eigenvalue weighted by Crippen LogP contribution is -2.42. The first-order valence-corrected chi connectivity index (χ1v) is 7.87. The first kappa shape index (κ1) is 16.7. The maximum atomic E-state index is 12.6. The SMILES string of the molecule is Cc1c(CNC(=O)[C@H]2CC(C(=O)O)=NN2c2ccccc2)cnn1C. The largest absolute Gasteiger partial charge is 0.477 e. The monoisotopic (exact) mass is 341 g/mol. The number of hydrazone groups is 1. The van der Waals surface area contributed by atoms with E-state index in [4.69, 9.17) is 0 Å². The summed E-state index contributed by atoms with van der Waals surface area (Å²) in [4.78, 5) is 23.9. The van der Waals surface area contributed by atoms with Gasteiger partial charge in [0.1, 0.15) is 11.8 Å². The Balaban J connectivity index is 1.76. The molecule has 0 fully saturated rings. The molecule has 1 aliphatic heterocycles. The van der Waals surface area contributed by atoms with Gasteiger partial charge in [-0.2, -0.15) is 10.2 Å². The minimum Gasteiger partial charge on any atom is -0.477 e. The number of carbonyl (C=O) groups is 2. The van der Waals surface area contributed by atoms with Crippen molar-refractivity contribution >= 4 is 23.3 Å². The normalized spacial score (nSPS) is 16.6. The molecular formula is C17H19N5O3. The van der Waals surface area contributed by atoms with Gasteiger partial charge in [-0.1, -0.05) is 18.2 Å². The number of carboxylic acid groups (broad SMARTS) is 1. The summed E-state index contributed by atoms with van der Waals surface area (Å²) in [7, 11) is 1.84. The minimum absolute atomic E-state index is 0.0263. The van der Waals surface area contributed by atoms with E-state index in [1.54, 1.807) is 23.0 Å². The number of amides is 1. The van der Waals surface area contributed by atoms with E-state index in [-0.39, 0.29) is 18.0 Å². The third kappa shape index (κ3) is 3.37. The highest BCUT2D eigenvalue weighted by atomic mass is 16.4. The van der Waals surface area contributed by atoms with Crippen LogP contribution in [0.2, 0.25) is 0 Å². The van der Waals surface area contributed by atoms with Crippen LogP contribution in [0.4, 0.5) is 5.69 Å². The Labute approximate surface area is 144 Å². The topological polar surface area (TPSA) is 99.8 Å². The fourth-order valence-corrected chi connectivity index (χ4v) is 2.68. The summed E-state index contributed by atoms with van der Waals surface area (Å²) in [6, 6.07) is 8.38.